The number of hydrogen-bond donors (Lipinski definition) is 1. The Hall–Kier alpha value is -3.25. The van der Waals surface area contributed by atoms with Crippen LogP contribution in [0.25, 0.3) is 0 Å². The summed E-state index contributed by atoms with van der Waals surface area (Å²) in [6.45, 7) is 8.17. The lowest BCUT2D eigenvalue weighted by atomic mass is 9.67. The van der Waals surface area contributed by atoms with Crippen LogP contribution in [-0.4, -0.2) is 15.9 Å². The van der Waals surface area contributed by atoms with E-state index in [2.05, 4.69) is 29.1 Å². The molecule has 2 bridgehead atoms. The molecule has 1 saturated carbocycles. The van der Waals surface area contributed by atoms with Gasteiger partial charge in [-0.2, -0.15) is 10.5 Å². The van der Waals surface area contributed by atoms with Crippen molar-refractivity contribution in [3.63, 3.8) is 0 Å². The quantitative estimate of drug-likeness (QED) is 0.868. The van der Waals surface area contributed by atoms with Crippen LogP contribution in [0, 0.1) is 41.9 Å². The monoisotopic (exact) mass is 371 g/mol. The Morgan fingerprint density at radius 1 is 1.14 bits per heavy atom. The molecule has 1 N–H and O–H groups in total. The zero-order valence-electron chi connectivity index (χ0n) is 16.4. The van der Waals surface area contributed by atoms with Crippen molar-refractivity contribution < 1.29 is 4.79 Å². The van der Waals surface area contributed by atoms with Gasteiger partial charge in [0.15, 0.2) is 11.4 Å². The van der Waals surface area contributed by atoms with Crippen molar-refractivity contribution in [2.24, 2.45) is 5.41 Å². The second kappa shape index (κ2) is 5.87. The second-order valence-corrected chi connectivity index (χ2v) is 8.35. The number of anilines is 1. The second-order valence-electron chi connectivity index (χ2n) is 8.35. The first kappa shape index (κ1) is 18.1. The number of amides is 1. The lowest BCUT2D eigenvalue weighted by molar-refractivity contribution is -0.124. The highest BCUT2D eigenvalue weighted by atomic mass is 16.2. The molecule has 2 unspecified atom stereocenters. The zero-order chi connectivity index (χ0) is 20.3. The van der Waals surface area contributed by atoms with Gasteiger partial charge in [0, 0.05) is 11.6 Å². The highest BCUT2D eigenvalue weighted by Crippen LogP contribution is 2.67. The van der Waals surface area contributed by atoms with Crippen molar-refractivity contribution in [3.8, 4) is 12.1 Å². The minimum Gasteiger partial charge on any atom is -0.325 e. The molecule has 28 heavy (non-hydrogen) atoms. The molecule has 140 valence electrons. The molecule has 1 heterocycles. The van der Waals surface area contributed by atoms with Crippen molar-refractivity contribution in [3.05, 3.63) is 52.1 Å². The van der Waals surface area contributed by atoms with Crippen LogP contribution in [0.2, 0.25) is 0 Å². The van der Waals surface area contributed by atoms with Gasteiger partial charge in [-0.3, -0.25) is 4.79 Å². The molecule has 4 rings (SSSR count). The molecular formula is C22H21N5O. The number of hydrogen-bond acceptors (Lipinski definition) is 5. The molecule has 0 aliphatic heterocycles. The van der Waals surface area contributed by atoms with E-state index in [1.165, 1.54) is 0 Å². The van der Waals surface area contributed by atoms with Crippen molar-refractivity contribution >= 4 is 11.6 Å². The molecule has 2 aliphatic rings. The molecule has 1 fully saturated rings. The van der Waals surface area contributed by atoms with Crippen molar-refractivity contribution in [2.45, 2.75) is 51.9 Å². The summed E-state index contributed by atoms with van der Waals surface area (Å²) in [5, 5.41) is 21.8. The molecule has 0 spiro atoms. The van der Waals surface area contributed by atoms with E-state index in [1.54, 1.807) is 0 Å². The van der Waals surface area contributed by atoms with Crippen LogP contribution in [0.3, 0.4) is 0 Å². The summed E-state index contributed by atoms with van der Waals surface area (Å²) < 4.78 is 0. The Bertz CT molecular complexity index is 1110. The topological polar surface area (TPSA) is 102 Å². The SMILES string of the molecule is Cc1ccc(NC(=O)C23CCC(c4nc(C#N)c(C#N)nc42)C3(C)C)cc1C. The Labute approximate surface area is 164 Å². The summed E-state index contributed by atoms with van der Waals surface area (Å²) in [7, 11) is 0. The third-order valence-corrected chi connectivity index (χ3v) is 6.80. The van der Waals surface area contributed by atoms with E-state index in [0.29, 0.717) is 17.8 Å². The lowest BCUT2D eigenvalue weighted by Crippen LogP contribution is -2.46. The van der Waals surface area contributed by atoms with Gasteiger partial charge in [-0.25, -0.2) is 9.97 Å². The minimum absolute atomic E-state index is 0.0112. The number of carbonyl (C=O) groups is 1. The molecular weight excluding hydrogens is 350 g/mol. The number of nitrogens with one attached hydrogen (secondary N) is 1. The van der Waals surface area contributed by atoms with Gasteiger partial charge in [0.1, 0.15) is 12.1 Å². The molecule has 1 amide bonds. The number of nitriles is 2. The van der Waals surface area contributed by atoms with E-state index < -0.39 is 10.8 Å². The molecule has 6 nitrogen and oxygen atoms in total. The van der Waals surface area contributed by atoms with Gasteiger partial charge in [0.05, 0.1) is 16.8 Å². The first-order valence-electron chi connectivity index (χ1n) is 9.37. The molecule has 2 atom stereocenters. The Morgan fingerprint density at radius 3 is 2.46 bits per heavy atom. The maximum absolute atomic E-state index is 13.6. The van der Waals surface area contributed by atoms with Gasteiger partial charge >= 0.3 is 0 Å². The third kappa shape index (κ3) is 2.15. The van der Waals surface area contributed by atoms with Crippen LogP contribution < -0.4 is 5.32 Å². The van der Waals surface area contributed by atoms with Crippen LogP contribution in [0.5, 0.6) is 0 Å². The third-order valence-electron chi connectivity index (χ3n) is 6.80. The van der Waals surface area contributed by atoms with Crippen LogP contribution >= 0.6 is 0 Å². The Balaban J connectivity index is 1.84. The molecule has 6 heteroatoms. The highest BCUT2D eigenvalue weighted by molar-refractivity contribution is 6.01. The van der Waals surface area contributed by atoms with E-state index in [4.69, 9.17) is 0 Å². The largest absolute Gasteiger partial charge is 0.325 e. The molecule has 2 aliphatic carbocycles. The van der Waals surface area contributed by atoms with Gasteiger partial charge in [-0.05, 0) is 55.4 Å². The van der Waals surface area contributed by atoms with E-state index in [-0.39, 0.29) is 23.2 Å². The lowest BCUT2D eigenvalue weighted by Gasteiger charge is -2.36. The fourth-order valence-corrected chi connectivity index (χ4v) is 4.98. The van der Waals surface area contributed by atoms with Crippen molar-refractivity contribution in [1.82, 2.24) is 9.97 Å². The minimum atomic E-state index is -0.863. The number of carbonyl (C=O) groups excluding carboxylic acids is 1. The number of fused-ring (bicyclic) bond motifs is 5. The predicted octanol–water partition coefficient (Wildman–Crippen LogP) is 3.63. The number of aryl methyl sites for hydroxylation is 2. The van der Waals surface area contributed by atoms with Crippen molar-refractivity contribution in [2.75, 3.05) is 5.32 Å². The fraction of sp³-hybridized carbons (Fsp3) is 0.409. The number of aromatic nitrogens is 2. The number of nitrogens with zero attached hydrogens (tertiary/aromatic N) is 4. The van der Waals surface area contributed by atoms with Gasteiger partial charge in [0.2, 0.25) is 5.91 Å². The van der Waals surface area contributed by atoms with E-state index in [0.717, 1.165) is 23.2 Å². The van der Waals surface area contributed by atoms with Crippen LogP contribution in [0.4, 0.5) is 5.69 Å². The maximum atomic E-state index is 13.6. The van der Waals surface area contributed by atoms with E-state index in [1.807, 2.05) is 44.2 Å². The standard InChI is InChI=1S/C22H21N5O/c1-12-5-6-14(9-13(12)2)25-20(28)22-8-7-15(21(22,3)4)18-19(22)27-17(11-24)16(10-23)26-18/h5-6,9,15H,7-8H2,1-4H3,(H,25,28). The summed E-state index contributed by atoms with van der Waals surface area (Å²) in [5.41, 5.74) is 3.04. The van der Waals surface area contributed by atoms with Gasteiger partial charge in [-0.1, -0.05) is 19.9 Å². The normalized spacial score (nSPS) is 23.6. The maximum Gasteiger partial charge on any atom is 0.237 e. The van der Waals surface area contributed by atoms with Crippen LogP contribution in [-0.2, 0) is 10.2 Å². The Morgan fingerprint density at radius 2 is 1.82 bits per heavy atom. The number of benzene rings is 1. The van der Waals surface area contributed by atoms with Crippen LogP contribution in [0.1, 0.15) is 66.5 Å². The van der Waals surface area contributed by atoms with E-state index in [9.17, 15) is 15.3 Å². The van der Waals surface area contributed by atoms with Crippen molar-refractivity contribution in [1.29, 1.82) is 10.5 Å². The Kier molecular flexibility index (Phi) is 3.80. The molecule has 1 aromatic carbocycles. The summed E-state index contributed by atoms with van der Waals surface area (Å²) in [6.07, 6.45) is 1.46. The first-order valence-corrected chi connectivity index (χ1v) is 9.37. The molecule has 2 aromatic rings. The highest BCUT2D eigenvalue weighted by Gasteiger charge is 2.68. The smallest absolute Gasteiger partial charge is 0.237 e. The van der Waals surface area contributed by atoms with E-state index >= 15 is 0 Å². The summed E-state index contributed by atoms with van der Waals surface area (Å²) >= 11 is 0. The van der Waals surface area contributed by atoms with Gasteiger partial charge in [-0.15, -0.1) is 0 Å². The summed E-state index contributed by atoms with van der Waals surface area (Å²) in [6, 6.07) is 9.76. The van der Waals surface area contributed by atoms with Crippen LogP contribution in [0.15, 0.2) is 18.2 Å². The van der Waals surface area contributed by atoms with Gasteiger partial charge < -0.3 is 5.32 Å². The summed E-state index contributed by atoms with van der Waals surface area (Å²) in [4.78, 5) is 22.5. The average molecular weight is 371 g/mol. The fourth-order valence-electron chi connectivity index (χ4n) is 4.98. The average Bonchev–Trinajstić information content (AvgIpc) is 3.05. The zero-order valence-corrected chi connectivity index (χ0v) is 16.4. The first-order chi connectivity index (χ1) is 13.3. The van der Waals surface area contributed by atoms with Gasteiger partial charge in [0.25, 0.3) is 0 Å². The molecule has 0 saturated heterocycles. The number of rotatable bonds is 2. The summed E-state index contributed by atoms with van der Waals surface area (Å²) in [5.74, 6) is -0.0785. The molecule has 1 aromatic heterocycles. The predicted molar refractivity (Wildman–Crippen MR) is 103 cm³/mol. The molecule has 0 radical (unpaired) electrons.